The summed E-state index contributed by atoms with van der Waals surface area (Å²) in [4.78, 5) is 5.22. The predicted molar refractivity (Wildman–Crippen MR) is 153 cm³/mol. The number of para-hydroxylation sites is 5. The highest BCUT2D eigenvalue weighted by atomic mass is 16.3. The molecule has 0 bridgehead atoms. The molecule has 0 radical (unpaired) electrons. The summed E-state index contributed by atoms with van der Waals surface area (Å²) >= 11 is 0. The van der Waals surface area contributed by atoms with Crippen LogP contribution < -0.4 is 0 Å². The zero-order chi connectivity index (χ0) is 24.9. The average molecular weight is 479 g/mol. The van der Waals surface area contributed by atoms with Crippen LogP contribution in [-0.2, 0) is 0 Å². The van der Waals surface area contributed by atoms with Crippen LogP contribution in [0.3, 0.4) is 0 Å². The van der Waals surface area contributed by atoms with Crippen LogP contribution in [0.15, 0.2) is 120 Å². The lowest BCUT2D eigenvalue weighted by Crippen LogP contribution is -2.06. The first kappa shape index (κ1) is 21.6. The lowest BCUT2D eigenvalue weighted by atomic mass is 9.93. The number of nitrogens with zero attached hydrogens (tertiary/aromatic N) is 2. The van der Waals surface area contributed by atoms with E-state index in [0.717, 1.165) is 44.4 Å². The molecule has 0 saturated carbocycles. The summed E-state index contributed by atoms with van der Waals surface area (Å²) in [6.07, 6.45) is 0. The zero-order valence-electron chi connectivity index (χ0n) is 20.8. The molecular weight excluding hydrogens is 452 g/mol. The summed E-state index contributed by atoms with van der Waals surface area (Å²) in [5.74, 6) is 1.21. The molecular formula is C34H26N2O. The molecule has 0 atom stereocenters. The smallest absolute Gasteiger partial charge is 0.149 e. The number of aromatic nitrogens is 2. The van der Waals surface area contributed by atoms with E-state index in [1.165, 1.54) is 22.4 Å². The fourth-order valence-electron chi connectivity index (χ4n) is 5.48. The molecule has 0 unspecified atom stereocenters. The van der Waals surface area contributed by atoms with Gasteiger partial charge in [0.1, 0.15) is 17.0 Å². The van der Waals surface area contributed by atoms with Crippen molar-refractivity contribution < 1.29 is 4.42 Å². The first-order chi connectivity index (χ1) is 18.2. The Morgan fingerprint density at radius 3 is 2.22 bits per heavy atom. The van der Waals surface area contributed by atoms with E-state index in [1.54, 1.807) is 0 Å². The van der Waals surface area contributed by atoms with Crippen LogP contribution >= 0.6 is 0 Å². The van der Waals surface area contributed by atoms with Crippen molar-refractivity contribution in [3.63, 3.8) is 0 Å². The molecule has 0 aliphatic carbocycles. The summed E-state index contributed by atoms with van der Waals surface area (Å²) < 4.78 is 8.81. The largest absolute Gasteiger partial charge is 0.455 e. The topological polar surface area (TPSA) is 31.0 Å². The fraction of sp³-hybridized carbons (Fsp3) is 0.0882. The minimum Gasteiger partial charge on any atom is -0.455 e. The molecule has 3 heteroatoms. The molecule has 178 valence electrons. The minimum absolute atomic E-state index is 0.328. The number of hydrogen-bond donors (Lipinski definition) is 0. The highest BCUT2D eigenvalue weighted by Gasteiger charge is 2.23. The molecule has 0 amide bonds. The number of fused-ring (bicyclic) bond motifs is 4. The Morgan fingerprint density at radius 1 is 0.649 bits per heavy atom. The van der Waals surface area contributed by atoms with Crippen molar-refractivity contribution in [3.05, 3.63) is 121 Å². The maximum absolute atomic E-state index is 6.46. The molecule has 37 heavy (non-hydrogen) atoms. The van der Waals surface area contributed by atoms with E-state index in [-0.39, 0.29) is 0 Å². The number of imidazole rings is 1. The molecule has 5 aromatic carbocycles. The second kappa shape index (κ2) is 8.49. The van der Waals surface area contributed by atoms with Gasteiger partial charge in [0.2, 0.25) is 0 Å². The van der Waals surface area contributed by atoms with Gasteiger partial charge >= 0.3 is 0 Å². The predicted octanol–water partition coefficient (Wildman–Crippen LogP) is 9.38. The second-order valence-corrected chi connectivity index (χ2v) is 9.80. The van der Waals surface area contributed by atoms with Crippen molar-refractivity contribution in [3.8, 4) is 28.2 Å². The maximum Gasteiger partial charge on any atom is 0.149 e. The summed E-state index contributed by atoms with van der Waals surface area (Å²) in [6, 6.07) is 40.3. The number of furan rings is 1. The molecule has 0 fully saturated rings. The summed E-state index contributed by atoms with van der Waals surface area (Å²) in [6.45, 7) is 4.51. The molecule has 2 aromatic heterocycles. The SMILES string of the molecule is CC(C)c1cccc(-c2ccccc2)c1-n1c(-c2cccc3c2oc2ccccc23)nc2ccccc21. The van der Waals surface area contributed by atoms with Gasteiger partial charge in [-0.1, -0.05) is 105 Å². The molecule has 3 nitrogen and oxygen atoms in total. The van der Waals surface area contributed by atoms with Gasteiger partial charge in [-0.05, 0) is 41.3 Å². The number of hydrogen-bond acceptors (Lipinski definition) is 2. The van der Waals surface area contributed by atoms with Crippen molar-refractivity contribution in [2.45, 2.75) is 19.8 Å². The molecule has 0 aliphatic rings. The monoisotopic (exact) mass is 478 g/mol. The van der Waals surface area contributed by atoms with Crippen molar-refractivity contribution in [1.82, 2.24) is 9.55 Å². The van der Waals surface area contributed by atoms with E-state index in [9.17, 15) is 0 Å². The van der Waals surface area contributed by atoms with Crippen molar-refractivity contribution in [1.29, 1.82) is 0 Å². The van der Waals surface area contributed by atoms with Crippen molar-refractivity contribution >= 4 is 33.0 Å². The molecule has 0 saturated heterocycles. The van der Waals surface area contributed by atoms with Crippen LogP contribution in [-0.4, -0.2) is 9.55 Å². The second-order valence-electron chi connectivity index (χ2n) is 9.80. The minimum atomic E-state index is 0.328. The first-order valence-electron chi connectivity index (χ1n) is 12.8. The van der Waals surface area contributed by atoms with Crippen LogP contribution in [0.25, 0.3) is 61.2 Å². The summed E-state index contributed by atoms with van der Waals surface area (Å²) in [7, 11) is 0. The molecule has 7 aromatic rings. The van der Waals surface area contributed by atoms with E-state index in [2.05, 4.69) is 122 Å². The summed E-state index contributed by atoms with van der Waals surface area (Å²) in [5, 5.41) is 2.22. The Bertz CT molecular complexity index is 1910. The van der Waals surface area contributed by atoms with Crippen LogP contribution in [0.2, 0.25) is 0 Å². The van der Waals surface area contributed by atoms with Gasteiger partial charge in [-0.3, -0.25) is 4.57 Å². The van der Waals surface area contributed by atoms with Gasteiger partial charge in [-0.25, -0.2) is 4.98 Å². The van der Waals surface area contributed by atoms with E-state index in [1.807, 2.05) is 12.1 Å². The molecule has 0 aliphatic heterocycles. The maximum atomic E-state index is 6.46. The summed E-state index contributed by atoms with van der Waals surface area (Å²) in [5.41, 5.74) is 9.60. The van der Waals surface area contributed by atoms with Gasteiger partial charge in [0.25, 0.3) is 0 Å². The standard InChI is InChI=1S/C34H26N2O/c1-22(2)24-15-10-16-25(23-12-4-3-5-13-23)32(24)36-30-20-8-7-19-29(30)35-34(36)28-18-11-17-27-26-14-6-9-21-31(26)37-33(27)28/h3-22H,1-2H3. The first-order valence-corrected chi connectivity index (χ1v) is 12.8. The lowest BCUT2D eigenvalue weighted by Gasteiger charge is -2.21. The van der Waals surface area contributed by atoms with E-state index < -0.39 is 0 Å². The van der Waals surface area contributed by atoms with Crippen LogP contribution in [0.4, 0.5) is 0 Å². The Hall–Kier alpha value is -4.63. The Kier molecular flexibility index (Phi) is 4.97. The highest BCUT2D eigenvalue weighted by Crippen LogP contribution is 2.41. The number of rotatable bonds is 4. The van der Waals surface area contributed by atoms with Crippen LogP contribution in [0.1, 0.15) is 25.3 Å². The van der Waals surface area contributed by atoms with Gasteiger partial charge in [0.15, 0.2) is 0 Å². The quantitative estimate of drug-likeness (QED) is 0.252. The fourth-order valence-corrected chi connectivity index (χ4v) is 5.48. The molecule has 0 spiro atoms. The molecule has 7 rings (SSSR count). The van der Waals surface area contributed by atoms with Gasteiger partial charge in [0, 0.05) is 16.3 Å². The Balaban J connectivity index is 1.63. The van der Waals surface area contributed by atoms with E-state index >= 15 is 0 Å². The highest BCUT2D eigenvalue weighted by molar-refractivity contribution is 6.09. The van der Waals surface area contributed by atoms with Crippen LogP contribution in [0.5, 0.6) is 0 Å². The Labute approximate surface area is 215 Å². The molecule has 2 heterocycles. The van der Waals surface area contributed by atoms with Gasteiger partial charge < -0.3 is 4.42 Å². The third-order valence-corrected chi connectivity index (χ3v) is 7.20. The lowest BCUT2D eigenvalue weighted by molar-refractivity contribution is 0.669. The third kappa shape index (κ3) is 3.39. The van der Waals surface area contributed by atoms with Crippen molar-refractivity contribution in [2.75, 3.05) is 0 Å². The zero-order valence-corrected chi connectivity index (χ0v) is 20.8. The number of benzene rings is 5. The normalized spacial score (nSPS) is 11.8. The van der Waals surface area contributed by atoms with E-state index in [0.29, 0.717) is 5.92 Å². The molecule has 0 N–H and O–H groups in total. The average Bonchev–Trinajstić information content (AvgIpc) is 3.51. The van der Waals surface area contributed by atoms with Crippen molar-refractivity contribution in [2.24, 2.45) is 0 Å². The Morgan fingerprint density at radius 2 is 1.35 bits per heavy atom. The van der Waals surface area contributed by atoms with Gasteiger partial charge in [0.05, 0.1) is 22.3 Å². The van der Waals surface area contributed by atoms with Gasteiger partial charge in [-0.15, -0.1) is 0 Å². The third-order valence-electron chi connectivity index (χ3n) is 7.20. The van der Waals surface area contributed by atoms with Crippen LogP contribution in [0, 0.1) is 0 Å². The van der Waals surface area contributed by atoms with E-state index in [4.69, 9.17) is 9.40 Å². The van der Waals surface area contributed by atoms with Gasteiger partial charge in [-0.2, -0.15) is 0 Å².